The van der Waals surface area contributed by atoms with Crippen LogP contribution in [0.2, 0.25) is 0 Å². The zero-order valence-corrected chi connectivity index (χ0v) is 33.0. The summed E-state index contributed by atoms with van der Waals surface area (Å²) in [6.07, 6.45) is 5.86. The summed E-state index contributed by atoms with van der Waals surface area (Å²) in [7, 11) is 0. The molecule has 9 rings (SSSR count). The maximum absolute atomic E-state index is 2.42. The first-order valence-corrected chi connectivity index (χ1v) is 19.9. The monoisotopic (exact) mass is 724 g/mol. The molecule has 0 aromatic heterocycles. The van der Waals surface area contributed by atoms with Crippen molar-refractivity contribution in [3.8, 4) is 11.1 Å². The highest BCUT2D eigenvalue weighted by molar-refractivity contribution is 5.85. The molecule has 2 nitrogen and oxygen atoms in total. The van der Waals surface area contributed by atoms with Gasteiger partial charge in [0.15, 0.2) is 0 Å². The van der Waals surface area contributed by atoms with E-state index in [-0.39, 0.29) is 5.41 Å². The number of hydrogen-bond acceptors (Lipinski definition) is 2. The van der Waals surface area contributed by atoms with Crippen molar-refractivity contribution >= 4 is 39.7 Å². The maximum Gasteiger partial charge on any atom is 0.0462 e. The smallest absolute Gasteiger partial charge is 0.0462 e. The molecular formula is C54H48N2. The molecule has 2 heteroatoms. The SMILES string of the molecule is Cc1ccc(N(c2ccc(C)cc2)c2ccc(-c3ccc(N(c4ccc(C)cc4)c4ccc([C@@H]5C=CC6=C(C5)c5ccccc5C6(C)C)cc4)cc3)cc2)cc1. The molecule has 0 aliphatic heterocycles. The van der Waals surface area contributed by atoms with E-state index in [4.69, 9.17) is 0 Å². The largest absolute Gasteiger partial charge is 0.311 e. The highest BCUT2D eigenvalue weighted by Gasteiger charge is 2.38. The number of fused-ring (bicyclic) bond motifs is 2. The molecule has 2 aliphatic carbocycles. The fourth-order valence-corrected chi connectivity index (χ4v) is 8.67. The minimum atomic E-state index is 0.0510. The summed E-state index contributed by atoms with van der Waals surface area (Å²) in [5.41, 5.74) is 20.2. The van der Waals surface area contributed by atoms with E-state index in [0.717, 1.165) is 40.5 Å². The van der Waals surface area contributed by atoms with Gasteiger partial charge < -0.3 is 9.80 Å². The third-order valence-corrected chi connectivity index (χ3v) is 11.9. The van der Waals surface area contributed by atoms with Crippen LogP contribution in [0.4, 0.5) is 34.1 Å². The predicted octanol–water partition coefficient (Wildman–Crippen LogP) is 15.0. The zero-order valence-electron chi connectivity index (χ0n) is 33.0. The Labute approximate surface area is 332 Å². The van der Waals surface area contributed by atoms with Crippen molar-refractivity contribution in [1.82, 2.24) is 0 Å². The predicted molar refractivity (Wildman–Crippen MR) is 238 cm³/mol. The Morgan fingerprint density at radius 2 is 0.821 bits per heavy atom. The molecule has 0 saturated heterocycles. The van der Waals surface area contributed by atoms with Crippen LogP contribution < -0.4 is 9.80 Å². The second-order valence-corrected chi connectivity index (χ2v) is 16.1. The second-order valence-electron chi connectivity index (χ2n) is 16.1. The molecule has 0 unspecified atom stereocenters. The first-order chi connectivity index (χ1) is 27.2. The number of nitrogens with zero attached hydrogens (tertiary/aromatic N) is 2. The number of anilines is 6. The molecule has 7 aromatic rings. The lowest BCUT2D eigenvalue weighted by molar-refractivity contribution is 0.649. The standard InChI is InChI=1S/C54H48N2/c1-37-10-23-44(24-11-37)55(45-25-12-38(2)13-26-45)47-29-16-40(17-30-47)41-18-31-48(32-19-41)56(46-27-14-39(3)15-28-46)49-33-20-42(21-34-49)43-22-35-53-51(36-43)50-8-6-7-9-52(50)54(53,4)5/h6-35,43H,36H2,1-5H3/t43-/m1/s1. The van der Waals surface area contributed by atoms with Gasteiger partial charge in [-0.3, -0.25) is 0 Å². The van der Waals surface area contributed by atoms with Crippen molar-refractivity contribution in [3.63, 3.8) is 0 Å². The molecule has 0 N–H and O–H groups in total. The fraction of sp³-hybridized carbons (Fsp3) is 0.148. The molecule has 0 spiro atoms. The lowest BCUT2D eigenvalue weighted by Gasteiger charge is -2.28. The molecule has 0 fully saturated rings. The van der Waals surface area contributed by atoms with Crippen LogP contribution in [0.25, 0.3) is 16.7 Å². The van der Waals surface area contributed by atoms with Crippen LogP contribution in [-0.4, -0.2) is 0 Å². The van der Waals surface area contributed by atoms with Gasteiger partial charge in [-0.25, -0.2) is 0 Å². The van der Waals surface area contributed by atoms with Crippen molar-refractivity contribution in [1.29, 1.82) is 0 Å². The Morgan fingerprint density at radius 3 is 1.25 bits per heavy atom. The summed E-state index contributed by atoms with van der Waals surface area (Å²) >= 11 is 0. The maximum atomic E-state index is 2.42. The van der Waals surface area contributed by atoms with Gasteiger partial charge in [0, 0.05) is 45.5 Å². The summed E-state index contributed by atoms with van der Waals surface area (Å²) in [6, 6.07) is 62.5. The minimum Gasteiger partial charge on any atom is -0.311 e. The van der Waals surface area contributed by atoms with Gasteiger partial charge in [0.1, 0.15) is 0 Å². The Bertz CT molecular complexity index is 2510. The normalized spacial score (nSPS) is 15.3. The lowest BCUT2D eigenvalue weighted by atomic mass is 9.78. The molecule has 7 aromatic carbocycles. The minimum absolute atomic E-state index is 0.0510. The molecule has 56 heavy (non-hydrogen) atoms. The second kappa shape index (κ2) is 14.4. The van der Waals surface area contributed by atoms with Crippen LogP contribution in [0.3, 0.4) is 0 Å². The number of allylic oxidation sites excluding steroid dienone is 4. The summed E-state index contributed by atoms with van der Waals surface area (Å²) in [5, 5.41) is 0. The number of aryl methyl sites for hydroxylation is 3. The molecule has 0 heterocycles. The van der Waals surface area contributed by atoms with E-state index in [2.05, 4.69) is 226 Å². The number of rotatable bonds is 8. The van der Waals surface area contributed by atoms with Gasteiger partial charge in [0.2, 0.25) is 0 Å². The molecule has 1 atom stereocenters. The van der Waals surface area contributed by atoms with Crippen molar-refractivity contribution in [2.45, 2.75) is 52.4 Å². The van der Waals surface area contributed by atoms with E-state index in [1.54, 1.807) is 0 Å². The number of hydrogen-bond donors (Lipinski definition) is 0. The van der Waals surface area contributed by atoms with Crippen molar-refractivity contribution in [2.24, 2.45) is 0 Å². The highest BCUT2D eigenvalue weighted by Crippen LogP contribution is 2.52. The molecule has 0 bridgehead atoms. The number of benzene rings is 7. The van der Waals surface area contributed by atoms with E-state index in [0.29, 0.717) is 5.92 Å². The fourth-order valence-electron chi connectivity index (χ4n) is 8.67. The van der Waals surface area contributed by atoms with E-state index in [1.807, 2.05) is 0 Å². The van der Waals surface area contributed by atoms with Crippen LogP contribution in [0.1, 0.15) is 59.6 Å². The Morgan fingerprint density at radius 1 is 0.446 bits per heavy atom. The van der Waals surface area contributed by atoms with Gasteiger partial charge in [-0.1, -0.05) is 140 Å². The average molecular weight is 725 g/mol. The van der Waals surface area contributed by atoms with Gasteiger partial charge >= 0.3 is 0 Å². The molecule has 274 valence electrons. The Balaban J connectivity index is 0.986. The highest BCUT2D eigenvalue weighted by atomic mass is 15.1. The zero-order chi connectivity index (χ0) is 38.4. The van der Waals surface area contributed by atoms with Crippen LogP contribution >= 0.6 is 0 Å². The average Bonchev–Trinajstić information content (AvgIpc) is 3.46. The molecule has 0 amide bonds. The van der Waals surface area contributed by atoms with Crippen molar-refractivity contribution < 1.29 is 0 Å². The third-order valence-electron chi connectivity index (χ3n) is 11.9. The third kappa shape index (κ3) is 6.56. The van der Waals surface area contributed by atoms with Crippen molar-refractivity contribution in [3.05, 3.63) is 221 Å². The Kier molecular flexibility index (Phi) is 9.06. The van der Waals surface area contributed by atoms with Gasteiger partial charge in [0.05, 0.1) is 0 Å². The molecular weight excluding hydrogens is 677 g/mol. The van der Waals surface area contributed by atoms with Crippen LogP contribution in [0.5, 0.6) is 0 Å². The van der Waals surface area contributed by atoms with E-state index >= 15 is 0 Å². The van der Waals surface area contributed by atoms with Crippen LogP contribution in [0, 0.1) is 20.8 Å². The first kappa shape index (κ1) is 35.3. The Hall–Kier alpha value is -6.38. The van der Waals surface area contributed by atoms with E-state index in [9.17, 15) is 0 Å². The molecule has 0 saturated carbocycles. The molecule has 2 aliphatic rings. The summed E-state index contributed by atoms with van der Waals surface area (Å²) in [5.74, 6) is 0.351. The van der Waals surface area contributed by atoms with E-state index in [1.165, 1.54) is 55.7 Å². The summed E-state index contributed by atoms with van der Waals surface area (Å²) in [4.78, 5) is 4.69. The van der Waals surface area contributed by atoms with Gasteiger partial charge in [-0.05, 0) is 139 Å². The summed E-state index contributed by atoms with van der Waals surface area (Å²) in [6.45, 7) is 11.1. The quantitative estimate of drug-likeness (QED) is 0.154. The molecule has 0 radical (unpaired) electrons. The van der Waals surface area contributed by atoms with Crippen LogP contribution in [0.15, 0.2) is 188 Å². The van der Waals surface area contributed by atoms with Gasteiger partial charge in [-0.2, -0.15) is 0 Å². The summed E-state index contributed by atoms with van der Waals surface area (Å²) < 4.78 is 0. The van der Waals surface area contributed by atoms with Crippen molar-refractivity contribution in [2.75, 3.05) is 9.80 Å². The first-order valence-electron chi connectivity index (χ1n) is 19.9. The lowest BCUT2D eigenvalue weighted by Crippen LogP contribution is -2.17. The van der Waals surface area contributed by atoms with Gasteiger partial charge in [-0.15, -0.1) is 0 Å². The van der Waals surface area contributed by atoms with Crippen LogP contribution in [-0.2, 0) is 5.41 Å². The topological polar surface area (TPSA) is 6.48 Å². The van der Waals surface area contributed by atoms with E-state index < -0.39 is 0 Å². The van der Waals surface area contributed by atoms with Gasteiger partial charge in [0.25, 0.3) is 0 Å².